The first-order valence-corrected chi connectivity index (χ1v) is 10.6. The van der Waals surface area contributed by atoms with Crippen LogP contribution in [-0.2, 0) is 12.6 Å². The van der Waals surface area contributed by atoms with Gasteiger partial charge in [-0.15, -0.1) is 0 Å². The van der Waals surface area contributed by atoms with E-state index < -0.39 is 17.8 Å². The van der Waals surface area contributed by atoms with E-state index in [1.807, 2.05) is 12.1 Å². The van der Waals surface area contributed by atoms with E-state index in [0.717, 1.165) is 11.8 Å². The van der Waals surface area contributed by atoms with Gasteiger partial charge in [0.1, 0.15) is 0 Å². The third-order valence-electron chi connectivity index (χ3n) is 5.39. The number of methoxy groups -OCH3 is 2. The smallest absolute Gasteiger partial charge is 0.433 e. The Bertz CT molecular complexity index is 1360. The first-order valence-electron chi connectivity index (χ1n) is 10.6. The van der Waals surface area contributed by atoms with Crippen LogP contribution in [0.2, 0.25) is 0 Å². The van der Waals surface area contributed by atoms with Crippen LogP contribution in [0.3, 0.4) is 0 Å². The number of benzene rings is 1. The predicted octanol–water partition coefficient (Wildman–Crippen LogP) is 4.14. The lowest BCUT2D eigenvalue weighted by atomic mass is 10.1. The summed E-state index contributed by atoms with van der Waals surface area (Å²) in [6, 6.07) is 12.3. The topological polar surface area (TPSA) is 81.9 Å². The van der Waals surface area contributed by atoms with Gasteiger partial charge in [-0.25, -0.2) is 9.50 Å². The summed E-state index contributed by atoms with van der Waals surface area (Å²) in [6.45, 7) is 0.320. The maximum absolute atomic E-state index is 13.9. The largest absolute Gasteiger partial charge is 0.493 e. The summed E-state index contributed by atoms with van der Waals surface area (Å²) in [5.41, 5.74) is -0.0716. The molecule has 0 radical (unpaired) electrons. The number of aromatic nitrogens is 4. The molecule has 35 heavy (non-hydrogen) atoms. The highest BCUT2D eigenvalue weighted by Gasteiger charge is 2.36. The van der Waals surface area contributed by atoms with E-state index in [-0.39, 0.29) is 17.0 Å². The Morgan fingerprint density at radius 3 is 2.49 bits per heavy atom. The van der Waals surface area contributed by atoms with E-state index in [0.29, 0.717) is 34.5 Å². The molecule has 3 aromatic heterocycles. The quantitative estimate of drug-likeness (QED) is 0.391. The molecular weight excluding hydrogens is 463 g/mol. The Morgan fingerprint density at radius 2 is 1.83 bits per heavy atom. The molecule has 8 nitrogen and oxygen atoms in total. The molecule has 1 amide bonds. The lowest BCUT2D eigenvalue weighted by Crippen LogP contribution is -2.29. The molecule has 0 spiro atoms. The Kier molecular flexibility index (Phi) is 6.59. The van der Waals surface area contributed by atoms with Crippen LogP contribution in [0, 0.1) is 0 Å². The van der Waals surface area contributed by atoms with Gasteiger partial charge in [-0.3, -0.25) is 9.78 Å². The minimum absolute atomic E-state index is 0.0492. The van der Waals surface area contributed by atoms with Crippen LogP contribution in [0.4, 0.5) is 13.2 Å². The molecule has 11 heteroatoms. The van der Waals surface area contributed by atoms with Crippen molar-refractivity contribution in [3.05, 3.63) is 71.8 Å². The number of ether oxygens (including phenoxy) is 2. The fourth-order valence-corrected chi connectivity index (χ4v) is 3.55. The monoisotopic (exact) mass is 485 g/mol. The number of hydrogen-bond donors (Lipinski definition) is 0. The summed E-state index contributed by atoms with van der Waals surface area (Å²) < 4.78 is 52.8. The number of rotatable bonds is 7. The lowest BCUT2D eigenvalue weighted by Gasteiger charge is -2.15. The maximum Gasteiger partial charge on any atom is 0.433 e. The van der Waals surface area contributed by atoms with Crippen molar-refractivity contribution in [1.29, 1.82) is 0 Å². The summed E-state index contributed by atoms with van der Waals surface area (Å²) in [7, 11) is 4.45. The molecule has 1 aromatic carbocycles. The van der Waals surface area contributed by atoms with Crippen molar-refractivity contribution in [2.75, 3.05) is 27.8 Å². The normalized spacial score (nSPS) is 11.5. The summed E-state index contributed by atoms with van der Waals surface area (Å²) in [5.74, 6) is 0.255. The molecule has 0 saturated carbocycles. The van der Waals surface area contributed by atoms with Gasteiger partial charge in [-0.1, -0.05) is 6.07 Å². The Morgan fingerprint density at radius 1 is 1.06 bits per heavy atom. The van der Waals surface area contributed by atoms with E-state index in [2.05, 4.69) is 15.1 Å². The molecule has 0 atom stereocenters. The van der Waals surface area contributed by atoms with E-state index in [1.54, 1.807) is 31.4 Å². The van der Waals surface area contributed by atoms with Gasteiger partial charge in [-0.05, 0) is 36.4 Å². The van der Waals surface area contributed by atoms with Gasteiger partial charge in [0.25, 0.3) is 5.91 Å². The highest BCUT2D eigenvalue weighted by Crippen LogP contribution is 2.35. The average molecular weight is 485 g/mol. The van der Waals surface area contributed by atoms with Gasteiger partial charge in [0, 0.05) is 43.5 Å². The number of hydrogen-bond acceptors (Lipinski definition) is 6. The number of pyridine rings is 1. The number of halogens is 3. The molecule has 0 unspecified atom stereocenters. The van der Waals surface area contributed by atoms with E-state index in [1.165, 1.54) is 31.3 Å². The highest BCUT2D eigenvalue weighted by molar-refractivity contribution is 5.93. The molecule has 0 fully saturated rings. The van der Waals surface area contributed by atoms with Gasteiger partial charge in [0.2, 0.25) is 0 Å². The van der Waals surface area contributed by atoms with E-state index in [4.69, 9.17) is 9.47 Å². The van der Waals surface area contributed by atoms with Crippen LogP contribution >= 0.6 is 0 Å². The minimum atomic E-state index is -4.73. The van der Waals surface area contributed by atoms with Crippen LogP contribution in [0.5, 0.6) is 11.5 Å². The van der Waals surface area contributed by atoms with Crippen molar-refractivity contribution >= 4 is 11.6 Å². The molecule has 3 heterocycles. The van der Waals surface area contributed by atoms with Gasteiger partial charge >= 0.3 is 6.18 Å². The highest BCUT2D eigenvalue weighted by atomic mass is 19.4. The van der Waals surface area contributed by atoms with Crippen LogP contribution in [0.15, 0.2) is 54.7 Å². The number of amides is 1. The Balaban J connectivity index is 1.70. The fraction of sp³-hybridized carbons (Fsp3) is 0.250. The first-order chi connectivity index (χ1) is 16.7. The zero-order valence-corrected chi connectivity index (χ0v) is 19.2. The zero-order chi connectivity index (χ0) is 25.2. The van der Waals surface area contributed by atoms with Crippen molar-refractivity contribution in [2.24, 2.45) is 0 Å². The molecule has 0 saturated heterocycles. The Labute approximate surface area is 198 Å². The molecule has 0 N–H and O–H groups in total. The van der Waals surface area contributed by atoms with Gasteiger partial charge in [0.15, 0.2) is 28.5 Å². The molecule has 0 bridgehead atoms. The van der Waals surface area contributed by atoms with Crippen molar-refractivity contribution in [3.8, 4) is 22.8 Å². The lowest BCUT2D eigenvalue weighted by molar-refractivity contribution is -0.142. The predicted molar refractivity (Wildman–Crippen MR) is 121 cm³/mol. The van der Waals surface area contributed by atoms with Gasteiger partial charge < -0.3 is 14.4 Å². The van der Waals surface area contributed by atoms with Crippen molar-refractivity contribution in [1.82, 2.24) is 24.5 Å². The Hall–Kier alpha value is -4.15. The van der Waals surface area contributed by atoms with Crippen LogP contribution in [0.25, 0.3) is 16.9 Å². The number of carbonyl (C=O) groups is 1. The summed E-state index contributed by atoms with van der Waals surface area (Å²) in [6.07, 6.45) is -2.59. The number of fused-ring (bicyclic) bond motifs is 1. The summed E-state index contributed by atoms with van der Waals surface area (Å²) in [5, 5.41) is 3.93. The zero-order valence-electron chi connectivity index (χ0n) is 19.2. The second-order valence-electron chi connectivity index (χ2n) is 7.69. The molecule has 4 rings (SSSR count). The van der Waals surface area contributed by atoms with Crippen molar-refractivity contribution in [3.63, 3.8) is 0 Å². The minimum Gasteiger partial charge on any atom is -0.493 e. The fourth-order valence-electron chi connectivity index (χ4n) is 3.55. The molecule has 182 valence electrons. The number of nitrogens with zero attached hydrogens (tertiary/aromatic N) is 5. The summed E-state index contributed by atoms with van der Waals surface area (Å²) in [4.78, 5) is 22.8. The SMILES string of the molecule is COc1ccc(-c2cc(C(F)(F)F)n3nc(C(=O)N(C)CCc4ccccn4)cc3n2)cc1OC. The average Bonchev–Trinajstić information content (AvgIpc) is 3.29. The third-order valence-corrected chi connectivity index (χ3v) is 5.39. The number of likely N-dealkylation sites (N-methyl/N-ethyl adjacent to an activating group) is 1. The molecular formula is C24H22F3N5O3. The van der Waals surface area contributed by atoms with Gasteiger partial charge in [-0.2, -0.15) is 18.3 Å². The van der Waals surface area contributed by atoms with Crippen LogP contribution in [-0.4, -0.2) is 58.2 Å². The van der Waals surface area contributed by atoms with Crippen molar-refractivity contribution in [2.45, 2.75) is 12.6 Å². The standard InChI is InChI=1S/C24H22F3N5O3/c1-31(11-9-16-6-4-5-10-28-16)23(33)18-14-22-29-17(13-21(24(25,26)27)32(22)30-18)15-7-8-19(34-2)20(12-15)35-3/h4-8,10,12-14H,9,11H2,1-3H3. The second-order valence-corrected chi connectivity index (χ2v) is 7.69. The van der Waals surface area contributed by atoms with Gasteiger partial charge in [0.05, 0.1) is 19.9 Å². The molecule has 0 aliphatic carbocycles. The van der Waals surface area contributed by atoms with Crippen LogP contribution < -0.4 is 9.47 Å². The third kappa shape index (κ3) is 5.03. The number of carbonyl (C=O) groups excluding carboxylic acids is 1. The maximum atomic E-state index is 13.9. The second kappa shape index (κ2) is 9.61. The molecule has 4 aromatic rings. The molecule has 0 aliphatic heterocycles. The van der Waals surface area contributed by atoms with E-state index in [9.17, 15) is 18.0 Å². The summed E-state index contributed by atoms with van der Waals surface area (Å²) >= 11 is 0. The number of alkyl halides is 3. The molecule has 0 aliphatic rings. The van der Waals surface area contributed by atoms with E-state index >= 15 is 0 Å². The van der Waals surface area contributed by atoms with Crippen molar-refractivity contribution < 1.29 is 27.4 Å². The first kappa shape index (κ1) is 24.0. The van der Waals surface area contributed by atoms with Crippen LogP contribution in [0.1, 0.15) is 21.9 Å².